The van der Waals surface area contributed by atoms with Crippen LogP contribution in [0.15, 0.2) is 48.5 Å². The monoisotopic (exact) mass is 313 g/mol. The van der Waals surface area contributed by atoms with Crippen molar-refractivity contribution in [1.82, 2.24) is 0 Å². The zero-order valence-electron chi connectivity index (χ0n) is 14.5. The molecule has 2 aromatic carbocycles. The first kappa shape index (κ1) is 16.9. The van der Waals surface area contributed by atoms with Gasteiger partial charge in [-0.15, -0.1) is 0 Å². The molecule has 2 rings (SSSR count). The number of hydrogen-bond donors (Lipinski definition) is 0. The van der Waals surface area contributed by atoms with Crippen LogP contribution in [-0.4, -0.2) is 0 Å². The molecule has 1 nitrogen and oxygen atoms in total. The summed E-state index contributed by atoms with van der Waals surface area (Å²) >= 11 is 0. The normalized spacial score (nSPS) is 12.3. The van der Waals surface area contributed by atoms with Crippen LogP contribution >= 0.6 is 7.80 Å². The van der Waals surface area contributed by atoms with Crippen LogP contribution in [0.4, 0.5) is 0 Å². The van der Waals surface area contributed by atoms with Crippen molar-refractivity contribution in [2.24, 2.45) is 0 Å². The molecule has 0 fully saturated rings. The Morgan fingerprint density at radius 3 is 1.09 bits per heavy atom. The molecule has 0 bridgehead atoms. The second-order valence-electron chi connectivity index (χ2n) is 7.89. The summed E-state index contributed by atoms with van der Waals surface area (Å²) in [7, 11) is -1.52. The molecule has 0 atom stereocenters. The molecule has 0 N–H and O–H groups in total. The average molecular weight is 313 g/mol. The van der Waals surface area contributed by atoms with Crippen molar-refractivity contribution in [3.63, 3.8) is 0 Å². The van der Waals surface area contributed by atoms with Gasteiger partial charge >= 0.3 is 7.80 Å². The summed E-state index contributed by atoms with van der Waals surface area (Å²) in [6.45, 7) is 13.1. The van der Waals surface area contributed by atoms with Crippen LogP contribution in [0.3, 0.4) is 0 Å². The summed E-state index contributed by atoms with van der Waals surface area (Å²) in [5.41, 5.74) is 2.78. The predicted octanol–water partition coefficient (Wildman–Crippen LogP) is 5.06. The molecule has 0 heterocycles. The van der Waals surface area contributed by atoms with Crippen LogP contribution in [-0.2, 0) is 15.4 Å². The molecule has 0 unspecified atom stereocenters. The molecule has 0 aromatic heterocycles. The lowest BCUT2D eigenvalue weighted by molar-refractivity contribution is 0.589. The summed E-state index contributed by atoms with van der Waals surface area (Å²) in [5, 5.41) is 1.79. The van der Waals surface area contributed by atoms with E-state index in [2.05, 4.69) is 65.8 Å². The maximum atomic E-state index is 12.7. The minimum atomic E-state index is -1.52. The lowest BCUT2D eigenvalue weighted by atomic mass is 9.87. The zero-order valence-corrected chi connectivity index (χ0v) is 15.4. The third kappa shape index (κ3) is 3.84. The highest BCUT2D eigenvalue weighted by atomic mass is 31.1. The maximum absolute atomic E-state index is 12.7. The average Bonchev–Trinajstić information content (AvgIpc) is 2.45. The van der Waals surface area contributed by atoms with Gasteiger partial charge in [-0.25, -0.2) is 0 Å². The van der Waals surface area contributed by atoms with Gasteiger partial charge in [0, 0.05) is 0 Å². The smallest absolute Gasteiger partial charge is 0.0613 e. The van der Waals surface area contributed by atoms with Crippen LogP contribution in [0.25, 0.3) is 0 Å². The van der Waals surface area contributed by atoms with Crippen molar-refractivity contribution < 1.29 is 4.57 Å². The van der Waals surface area contributed by atoms with Gasteiger partial charge in [-0.2, -0.15) is 0 Å². The molecule has 22 heavy (non-hydrogen) atoms. The fraction of sp³-hybridized carbons (Fsp3) is 0.400. The van der Waals surface area contributed by atoms with Gasteiger partial charge in [0.05, 0.1) is 0 Å². The van der Waals surface area contributed by atoms with E-state index in [-0.39, 0.29) is 10.8 Å². The second-order valence-corrected chi connectivity index (χ2v) is 9.51. The molecule has 0 aliphatic carbocycles. The third-order valence-corrected chi connectivity index (χ3v) is 5.47. The highest BCUT2D eigenvalue weighted by Crippen LogP contribution is 2.26. The molecule has 0 spiro atoms. The van der Waals surface area contributed by atoms with E-state index in [4.69, 9.17) is 0 Å². The zero-order chi connectivity index (χ0) is 16.5. The van der Waals surface area contributed by atoms with Gasteiger partial charge in [-0.3, -0.25) is 0 Å². The molecule has 0 aliphatic heterocycles. The molecular formula is C20H26OP+. The van der Waals surface area contributed by atoms with Crippen LogP contribution in [0, 0.1) is 0 Å². The van der Waals surface area contributed by atoms with Crippen molar-refractivity contribution in [3.8, 4) is 0 Å². The van der Waals surface area contributed by atoms with Gasteiger partial charge in [0.1, 0.15) is 0 Å². The Hall–Kier alpha value is -1.46. The van der Waals surface area contributed by atoms with E-state index in [1.807, 2.05) is 24.3 Å². The van der Waals surface area contributed by atoms with Crippen molar-refractivity contribution in [1.29, 1.82) is 0 Å². The van der Waals surface area contributed by atoms with Crippen LogP contribution < -0.4 is 10.6 Å². The fourth-order valence-corrected chi connectivity index (χ4v) is 3.48. The van der Waals surface area contributed by atoms with Crippen molar-refractivity contribution >= 4 is 18.4 Å². The largest absolute Gasteiger partial charge is 0.415 e. The topological polar surface area (TPSA) is 17.1 Å². The van der Waals surface area contributed by atoms with Crippen LogP contribution in [0.2, 0.25) is 0 Å². The Morgan fingerprint density at radius 2 is 0.864 bits per heavy atom. The summed E-state index contributed by atoms with van der Waals surface area (Å²) in [5.74, 6) is 0. The van der Waals surface area contributed by atoms with Gasteiger partial charge in [0.25, 0.3) is 0 Å². The second kappa shape index (κ2) is 5.97. The molecule has 0 aliphatic rings. The summed E-state index contributed by atoms with van der Waals surface area (Å²) in [4.78, 5) is 0. The SMILES string of the molecule is CC(C)(C)c1ccc([P+](=O)c2ccc(C(C)(C)C)cc2)cc1. The van der Waals surface area contributed by atoms with Gasteiger partial charge in [0.2, 0.25) is 0 Å². The van der Waals surface area contributed by atoms with E-state index in [0.717, 1.165) is 10.6 Å². The number of benzene rings is 2. The molecule has 0 saturated carbocycles. The first-order valence-corrected chi connectivity index (χ1v) is 9.03. The van der Waals surface area contributed by atoms with Crippen molar-refractivity contribution in [2.75, 3.05) is 0 Å². The van der Waals surface area contributed by atoms with Crippen LogP contribution in [0.1, 0.15) is 52.7 Å². The van der Waals surface area contributed by atoms with Crippen LogP contribution in [0.5, 0.6) is 0 Å². The Kier molecular flexibility index (Phi) is 4.59. The molecule has 2 aromatic rings. The lowest BCUT2D eigenvalue weighted by Gasteiger charge is -2.18. The highest BCUT2D eigenvalue weighted by molar-refractivity contribution is 7.61. The van der Waals surface area contributed by atoms with Crippen molar-refractivity contribution in [3.05, 3.63) is 59.7 Å². The lowest BCUT2D eigenvalue weighted by Crippen LogP contribution is -2.14. The summed E-state index contributed by atoms with van der Waals surface area (Å²) in [6, 6.07) is 16.3. The molecule has 2 heteroatoms. The quantitative estimate of drug-likeness (QED) is 0.708. The number of hydrogen-bond acceptors (Lipinski definition) is 1. The van der Waals surface area contributed by atoms with Gasteiger partial charge < -0.3 is 0 Å². The minimum absolute atomic E-state index is 0.124. The Balaban J connectivity index is 2.25. The Bertz CT molecular complexity index is 593. The molecule has 116 valence electrons. The Labute approximate surface area is 135 Å². The van der Waals surface area contributed by atoms with Crippen molar-refractivity contribution in [2.45, 2.75) is 52.4 Å². The first-order chi connectivity index (χ1) is 10.1. The fourth-order valence-electron chi connectivity index (χ4n) is 2.34. The van der Waals surface area contributed by atoms with Gasteiger partial charge in [-0.1, -0.05) is 70.4 Å². The number of rotatable bonds is 2. The predicted molar refractivity (Wildman–Crippen MR) is 97.2 cm³/mol. The first-order valence-electron chi connectivity index (χ1n) is 7.77. The van der Waals surface area contributed by atoms with Gasteiger partial charge in [0.15, 0.2) is 10.6 Å². The molecule has 0 radical (unpaired) electrons. The van der Waals surface area contributed by atoms with E-state index in [9.17, 15) is 4.57 Å². The van der Waals surface area contributed by atoms with E-state index < -0.39 is 7.80 Å². The summed E-state index contributed by atoms with van der Waals surface area (Å²) < 4.78 is 12.7. The molecular weight excluding hydrogens is 287 g/mol. The Morgan fingerprint density at radius 1 is 0.591 bits per heavy atom. The highest BCUT2D eigenvalue weighted by Gasteiger charge is 2.25. The van der Waals surface area contributed by atoms with E-state index in [1.165, 1.54) is 11.1 Å². The standard InChI is InChI=1S/C20H26OP/c1-19(2,3)15-7-11-17(12-8-15)22(21)18-13-9-16(10-14-18)20(4,5)6/h7-14H,1-6H3/q+1. The van der Waals surface area contributed by atoms with E-state index >= 15 is 0 Å². The maximum Gasteiger partial charge on any atom is 0.415 e. The third-order valence-electron chi connectivity index (χ3n) is 3.94. The van der Waals surface area contributed by atoms with E-state index in [0.29, 0.717) is 0 Å². The summed E-state index contributed by atoms with van der Waals surface area (Å²) in [6.07, 6.45) is 0. The minimum Gasteiger partial charge on any atom is -0.0613 e. The molecule has 0 amide bonds. The molecule has 0 saturated heterocycles. The van der Waals surface area contributed by atoms with Gasteiger partial charge in [-0.05, 0) is 46.2 Å². The van der Waals surface area contributed by atoms with E-state index in [1.54, 1.807) is 0 Å².